The van der Waals surface area contributed by atoms with Crippen molar-refractivity contribution in [3.8, 4) is 0 Å². The van der Waals surface area contributed by atoms with Crippen LogP contribution in [0.15, 0.2) is 0 Å². The summed E-state index contributed by atoms with van der Waals surface area (Å²) in [6.45, 7) is 5.05. The first-order valence-electron chi connectivity index (χ1n) is 7.47. The van der Waals surface area contributed by atoms with E-state index in [9.17, 15) is 14.7 Å². The number of aliphatic carboxylic acids is 1. The number of rotatable bonds is 3. The van der Waals surface area contributed by atoms with E-state index in [1.54, 1.807) is 0 Å². The highest BCUT2D eigenvalue weighted by atomic mass is 16.4. The maximum atomic E-state index is 12.5. The van der Waals surface area contributed by atoms with Gasteiger partial charge in [0.15, 0.2) is 0 Å². The molecule has 0 bridgehead atoms. The molecule has 1 N–H and O–H groups in total. The molecular weight excluding hydrogens is 242 g/mol. The van der Waals surface area contributed by atoms with E-state index in [2.05, 4.69) is 13.8 Å². The molecule has 4 nitrogen and oxygen atoms in total. The zero-order valence-corrected chi connectivity index (χ0v) is 12.0. The lowest BCUT2D eigenvalue weighted by molar-refractivity contribution is -0.160. The minimum absolute atomic E-state index is 0.0448. The van der Waals surface area contributed by atoms with Gasteiger partial charge < -0.3 is 10.0 Å². The second kappa shape index (κ2) is 5.51. The van der Waals surface area contributed by atoms with Crippen LogP contribution < -0.4 is 0 Å². The summed E-state index contributed by atoms with van der Waals surface area (Å²) in [6, 6.07) is 0.253. The second-order valence-electron chi connectivity index (χ2n) is 6.55. The molecule has 0 radical (unpaired) electrons. The molecule has 1 amide bonds. The van der Waals surface area contributed by atoms with Gasteiger partial charge in [-0.15, -0.1) is 0 Å². The molecule has 19 heavy (non-hydrogen) atoms. The Hall–Kier alpha value is -1.06. The van der Waals surface area contributed by atoms with Crippen LogP contribution in [-0.2, 0) is 9.59 Å². The highest BCUT2D eigenvalue weighted by molar-refractivity contribution is 5.85. The van der Waals surface area contributed by atoms with Crippen LogP contribution in [0.3, 0.4) is 0 Å². The van der Waals surface area contributed by atoms with Crippen LogP contribution in [0.2, 0.25) is 0 Å². The zero-order chi connectivity index (χ0) is 14.0. The number of hydrogen-bond acceptors (Lipinski definition) is 2. The summed E-state index contributed by atoms with van der Waals surface area (Å²) in [4.78, 5) is 25.8. The Labute approximate surface area is 115 Å². The normalized spacial score (nSPS) is 30.3. The van der Waals surface area contributed by atoms with Gasteiger partial charge >= 0.3 is 5.97 Å². The third-order valence-corrected chi connectivity index (χ3v) is 4.93. The number of hydrogen-bond donors (Lipinski definition) is 1. The van der Waals surface area contributed by atoms with Crippen molar-refractivity contribution in [3.63, 3.8) is 0 Å². The Balaban J connectivity index is 2.03. The van der Waals surface area contributed by atoms with Crippen LogP contribution in [-0.4, -0.2) is 34.5 Å². The first-order chi connectivity index (χ1) is 8.94. The predicted molar refractivity (Wildman–Crippen MR) is 72.7 cm³/mol. The summed E-state index contributed by atoms with van der Waals surface area (Å²) < 4.78 is 0. The fourth-order valence-corrected chi connectivity index (χ4v) is 3.33. The molecule has 1 aliphatic carbocycles. The molecule has 0 aromatic carbocycles. The average Bonchev–Trinajstić information content (AvgIpc) is 2.45. The van der Waals surface area contributed by atoms with Crippen molar-refractivity contribution in [2.24, 2.45) is 11.3 Å². The SMILES string of the molecule is CC1CCCC(C)N(C(=O)CC2(C(=O)O)CCC2)C1. The van der Waals surface area contributed by atoms with Crippen LogP contribution in [0.5, 0.6) is 0 Å². The molecule has 1 saturated carbocycles. The molecule has 1 heterocycles. The molecule has 0 aromatic heterocycles. The predicted octanol–water partition coefficient (Wildman–Crippen LogP) is 2.67. The monoisotopic (exact) mass is 267 g/mol. The Morgan fingerprint density at radius 1 is 1.21 bits per heavy atom. The summed E-state index contributed by atoms with van der Waals surface area (Å²) in [5.74, 6) is -0.220. The maximum Gasteiger partial charge on any atom is 0.310 e. The van der Waals surface area contributed by atoms with Gasteiger partial charge in [0.2, 0.25) is 5.91 Å². The fourth-order valence-electron chi connectivity index (χ4n) is 3.33. The van der Waals surface area contributed by atoms with Crippen molar-refractivity contribution in [2.75, 3.05) is 6.54 Å². The lowest BCUT2D eigenvalue weighted by Crippen LogP contribution is -2.46. The number of amides is 1. The van der Waals surface area contributed by atoms with E-state index in [1.165, 1.54) is 0 Å². The molecule has 0 aromatic rings. The van der Waals surface area contributed by atoms with Crippen LogP contribution in [0.4, 0.5) is 0 Å². The number of carboxylic acids is 1. The molecule has 2 fully saturated rings. The Kier molecular flexibility index (Phi) is 4.16. The molecule has 0 spiro atoms. The molecule has 108 valence electrons. The van der Waals surface area contributed by atoms with Crippen LogP contribution >= 0.6 is 0 Å². The molecule has 2 aliphatic rings. The Morgan fingerprint density at radius 3 is 2.42 bits per heavy atom. The molecule has 4 heteroatoms. The minimum Gasteiger partial charge on any atom is -0.481 e. The number of carbonyl (C=O) groups excluding carboxylic acids is 1. The summed E-state index contributed by atoms with van der Waals surface area (Å²) in [5.41, 5.74) is -0.758. The van der Waals surface area contributed by atoms with E-state index in [1.807, 2.05) is 4.90 Å². The van der Waals surface area contributed by atoms with Crippen molar-refractivity contribution in [1.29, 1.82) is 0 Å². The van der Waals surface area contributed by atoms with E-state index in [-0.39, 0.29) is 18.4 Å². The van der Waals surface area contributed by atoms with Gasteiger partial charge in [0.1, 0.15) is 0 Å². The zero-order valence-electron chi connectivity index (χ0n) is 12.0. The molecular formula is C15H25NO3. The summed E-state index contributed by atoms with van der Waals surface area (Å²) in [6.07, 6.45) is 5.81. The molecule has 1 saturated heterocycles. The van der Waals surface area contributed by atoms with E-state index in [0.29, 0.717) is 18.8 Å². The highest BCUT2D eigenvalue weighted by Gasteiger charge is 2.47. The third kappa shape index (κ3) is 2.93. The summed E-state index contributed by atoms with van der Waals surface area (Å²) in [7, 11) is 0. The second-order valence-corrected chi connectivity index (χ2v) is 6.55. The van der Waals surface area contributed by atoms with Crippen LogP contribution in [0.25, 0.3) is 0 Å². The first-order valence-corrected chi connectivity index (χ1v) is 7.47. The molecule has 2 unspecified atom stereocenters. The standard InChI is InChI=1S/C15H25NO3/c1-11-5-3-6-12(2)16(10-11)13(17)9-15(14(18)19)7-4-8-15/h11-12H,3-10H2,1-2H3,(H,18,19). The molecule has 2 rings (SSSR count). The Bertz CT molecular complexity index is 362. The number of carbonyl (C=O) groups is 2. The van der Waals surface area contributed by atoms with Gasteiger partial charge in [0.25, 0.3) is 0 Å². The average molecular weight is 267 g/mol. The van der Waals surface area contributed by atoms with Crippen LogP contribution in [0.1, 0.15) is 58.8 Å². The van der Waals surface area contributed by atoms with Gasteiger partial charge in [-0.2, -0.15) is 0 Å². The quantitative estimate of drug-likeness (QED) is 0.855. The van der Waals surface area contributed by atoms with Gasteiger partial charge in [-0.1, -0.05) is 19.8 Å². The van der Waals surface area contributed by atoms with Crippen molar-refractivity contribution >= 4 is 11.9 Å². The summed E-state index contributed by atoms with van der Waals surface area (Å²) >= 11 is 0. The van der Waals surface area contributed by atoms with Gasteiger partial charge in [0, 0.05) is 19.0 Å². The minimum atomic E-state index is -0.789. The van der Waals surface area contributed by atoms with E-state index < -0.39 is 11.4 Å². The van der Waals surface area contributed by atoms with Crippen molar-refractivity contribution in [2.45, 2.75) is 64.8 Å². The topological polar surface area (TPSA) is 57.6 Å². The van der Waals surface area contributed by atoms with Crippen molar-refractivity contribution in [3.05, 3.63) is 0 Å². The Morgan fingerprint density at radius 2 is 1.89 bits per heavy atom. The first kappa shape index (κ1) is 14.4. The van der Waals surface area contributed by atoms with E-state index >= 15 is 0 Å². The fraction of sp³-hybridized carbons (Fsp3) is 0.867. The smallest absolute Gasteiger partial charge is 0.310 e. The third-order valence-electron chi connectivity index (χ3n) is 4.93. The number of carboxylic acid groups (broad SMARTS) is 1. The van der Waals surface area contributed by atoms with Gasteiger partial charge in [-0.05, 0) is 38.5 Å². The van der Waals surface area contributed by atoms with Gasteiger partial charge in [-0.3, -0.25) is 9.59 Å². The number of nitrogens with zero attached hydrogens (tertiary/aromatic N) is 1. The number of likely N-dealkylation sites (tertiary alicyclic amines) is 1. The molecule has 2 atom stereocenters. The summed E-state index contributed by atoms with van der Waals surface area (Å²) in [5, 5.41) is 9.33. The van der Waals surface area contributed by atoms with Crippen LogP contribution in [0, 0.1) is 11.3 Å². The largest absolute Gasteiger partial charge is 0.481 e. The highest BCUT2D eigenvalue weighted by Crippen LogP contribution is 2.44. The van der Waals surface area contributed by atoms with E-state index in [0.717, 1.165) is 32.2 Å². The van der Waals surface area contributed by atoms with Crippen molar-refractivity contribution < 1.29 is 14.7 Å². The maximum absolute atomic E-state index is 12.5. The van der Waals surface area contributed by atoms with Gasteiger partial charge in [0.05, 0.1) is 5.41 Å². The lowest BCUT2D eigenvalue weighted by Gasteiger charge is -2.39. The molecule has 1 aliphatic heterocycles. The van der Waals surface area contributed by atoms with Gasteiger partial charge in [-0.25, -0.2) is 0 Å². The van der Waals surface area contributed by atoms with Crippen molar-refractivity contribution in [1.82, 2.24) is 4.90 Å². The lowest BCUT2D eigenvalue weighted by atomic mass is 9.66. The van der Waals surface area contributed by atoms with E-state index in [4.69, 9.17) is 0 Å².